The molecule has 0 saturated carbocycles. The maximum atomic E-state index is 12.8. The van der Waals surface area contributed by atoms with Crippen LogP contribution >= 0.6 is 11.6 Å². The van der Waals surface area contributed by atoms with Crippen molar-refractivity contribution >= 4 is 39.0 Å². The van der Waals surface area contributed by atoms with Crippen LogP contribution in [-0.2, 0) is 17.1 Å². The van der Waals surface area contributed by atoms with Gasteiger partial charge in [-0.1, -0.05) is 11.6 Å². The van der Waals surface area contributed by atoms with Crippen LogP contribution in [0.4, 0.5) is 11.5 Å². The van der Waals surface area contributed by atoms with E-state index in [9.17, 15) is 13.2 Å². The summed E-state index contributed by atoms with van der Waals surface area (Å²) >= 11 is 6.10. The monoisotopic (exact) mass is 434 g/mol. The number of halogens is 1. The van der Waals surface area contributed by atoms with E-state index >= 15 is 0 Å². The van der Waals surface area contributed by atoms with Crippen molar-refractivity contribution in [3.05, 3.63) is 65.3 Å². The first-order chi connectivity index (χ1) is 13.8. The van der Waals surface area contributed by atoms with Crippen LogP contribution in [0.2, 0.25) is 5.02 Å². The summed E-state index contributed by atoms with van der Waals surface area (Å²) in [5.41, 5.74) is 0.472. The Kier molecular flexibility index (Phi) is 6.09. The van der Waals surface area contributed by atoms with Crippen LogP contribution in [0.3, 0.4) is 0 Å². The predicted molar refractivity (Wildman–Crippen MR) is 111 cm³/mol. The van der Waals surface area contributed by atoms with Gasteiger partial charge in [-0.15, -0.1) is 0 Å². The van der Waals surface area contributed by atoms with E-state index in [1.807, 2.05) is 6.92 Å². The lowest BCUT2D eigenvalue weighted by Gasteiger charge is -2.12. The molecule has 0 aliphatic carbocycles. The molecule has 2 N–H and O–H groups in total. The number of hydrogen-bond donors (Lipinski definition) is 2. The summed E-state index contributed by atoms with van der Waals surface area (Å²) in [7, 11) is -2.30. The number of nitrogens with zero attached hydrogens (tertiary/aromatic N) is 2. The third-order valence-corrected chi connectivity index (χ3v) is 5.72. The first-order valence-corrected chi connectivity index (χ1v) is 10.5. The molecule has 152 valence electrons. The molecule has 10 heteroatoms. The number of amides is 1. The van der Waals surface area contributed by atoms with Crippen LogP contribution in [0.5, 0.6) is 5.75 Å². The van der Waals surface area contributed by atoms with E-state index in [0.29, 0.717) is 23.9 Å². The molecule has 0 fully saturated rings. The smallest absolute Gasteiger partial charge is 0.263 e. The molecule has 1 aromatic heterocycles. The van der Waals surface area contributed by atoms with Gasteiger partial charge in [0.2, 0.25) is 0 Å². The van der Waals surface area contributed by atoms with Crippen molar-refractivity contribution in [1.82, 2.24) is 9.78 Å². The highest BCUT2D eigenvalue weighted by molar-refractivity contribution is 7.92. The Morgan fingerprint density at radius 1 is 1.17 bits per heavy atom. The molecule has 0 unspecified atom stereocenters. The van der Waals surface area contributed by atoms with Crippen LogP contribution in [-0.4, -0.2) is 30.7 Å². The summed E-state index contributed by atoms with van der Waals surface area (Å²) < 4.78 is 34.9. The van der Waals surface area contributed by atoms with Gasteiger partial charge in [0.15, 0.2) is 5.82 Å². The normalized spacial score (nSPS) is 11.1. The SMILES string of the molecule is CCOc1ccc(NS(=O)(=O)c2cc(C(=O)Nc3ccn(C)n3)ccc2Cl)cc1. The lowest BCUT2D eigenvalue weighted by atomic mass is 10.2. The molecule has 0 bridgehead atoms. The second-order valence-electron chi connectivity index (χ2n) is 6.04. The van der Waals surface area contributed by atoms with Gasteiger partial charge < -0.3 is 10.1 Å². The van der Waals surface area contributed by atoms with Gasteiger partial charge >= 0.3 is 0 Å². The fourth-order valence-corrected chi connectivity index (χ4v) is 4.10. The third kappa shape index (κ3) is 5.07. The molecule has 0 aliphatic heterocycles. The molecule has 3 aromatic rings. The highest BCUT2D eigenvalue weighted by atomic mass is 35.5. The first-order valence-electron chi connectivity index (χ1n) is 8.65. The second kappa shape index (κ2) is 8.54. The number of carbonyl (C=O) groups excluding carboxylic acids is 1. The van der Waals surface area contributed by atoms with Crippen LogP contribution in [0, 0.1) is 0 Å². The van der Waals surface area contributed by atoms with Crippen molar-refractivity contribution in [2.24, 2.45) is 7.05 Å². The maximum Gasteiger partial charge on any atom is 0.263 e. The topological polar surface area (TPSA) is 102 Å². The van der Waals surface area contributed by atoms with Gasteiger partial charge in [-0.3, -0.25) is 14.2 Å². The lowest BCUT2D eigenvalue weighted by Crippen LogP contribution is -2.16. The fourth-order valence-electron chi connectivity index (χ4n) is 2.52. The molecule has 3 rings (SSSR count). The van der Waals surface area contributed by atoms with Gasteiger partial charge in [-0.25, -0.2) is 8.42 Å². The molecule has 8 nitrogen and oxygen atoms in total. The van der Waals surface area contributed by atoms with Gasteiger partial charge in [0.25, 0.3) is 15.9 Å². The number of sulfonamides is 1. The Bertz CT molecular complexity index is 1130. The summed E-state index contributed by atoms with van der Waals surface area (Å²) in [4.78, 5) is 12.2. The van der Waals surface area contributed by atoms with E-state index < -0.39 is 15.9 Å². The van der Waals surface area contributed by atoms with E-state index in [2.05, 4.69) is 15.1 Å². The zero-order chi connectivity index (χ0) is 21.0. The molecular weight excluding hydrogens is 416 g/mol. The standard InChI is InChI=1S/C19H19ClN4O4S/c1-3-28-15-7-5-14(6-8-15)23-29(26,27)17-12-13(4-9-16(17)20)19(25)21-18-10-11-24(2)22-18/h4-12,23H,3H2,1-2H3,(H,21,22,25). The number of carbonyl (C=O) groups is 1. The molecule has 0 spiro atoms. The Morgan fingerprint density at radius 3 is 2.52 bits per heavy atom. The summed E-state index contributed by atoms with van der Waals surface area (Å²) in [5, 5.41) is 6.66. The van der Waals surface area contributed by atoms with E-state index in [-0.39, 0.29) is 15.5 Å². The van der Waals surface area contributed by atoms with Crippen molar-refractivity contribution in [2.45, 2.75) is 11.8 Å². The first kappa shape index (κ1) is 20.7. The molecular formula is C19H19ClN4O4S. The molecule has 0 radical (unpaired) electrons. The average molecular weight is 435 g/mol. The highest BCUT2D eigenvalue weighted by Gasteiger charge is 2.21. The number of benzene rings is 2. The van der Waals surface area contributed by atoms with Crippen molar-refractivity contribution in [3.8, 4) is 5.75 Å². The minimum absolute atomic E-state index is 0.00202. The minimum Gasteiger partial charge on any atom is -0.494 e. The molecule has 0 aliphatic rings. The van der Waals surface area contributed by atoms with Gasteiger partial charge in [0, 0.05) is 30.6 Å². The molecule has 0 atom stereocenters. The predicted octanol–water partition coefficient (Wildman–Crippen LogP) is 3.53. The quantitative estimate of drug-likeness (QED) is 0.592. The van der Waals surface area contributed by atoms with Crippen molar-refractivity contribution in [2.75, 3.05) is 16.6 Å². The zero-order valence-corrected chi connectivity index (χ0v) is 17.3. The minimum atomic E-state index is -4.02. The fraction of sp³-hybridized carbons (Fsp3) is 0.158. The maximum absolute atomic E-state index is 12.8. The molecule has 1 amide bonds. The van der Waals surface area contributed by atoms with Crippen LogP contribution in [0.15, 0.2) is 59.6 Å². The van der Waals surface area contributed by atoms with Crippen LogP contribution in [0.1, 0.15) is 17.3 Å². The third-order valence-electron chi connectivity index (χ3n) is 3.86. The van der Waals surface area contributed by atoms with Crippen LogP contribution < -0.4 is 14.8 Å². The van der Waals surface area contributed by atoms with E-state index in [0.717, 1.165) is 0 Å². The zero-order valence-electron chi connectivity index (χ0n) is 15.7. The van der Waals surface area contributed by atoms with Crippen molar-refractivity contribution in [3.63, 3.8) is 0 Å². The Morgan fingerprint density at radius 2 is 1.90 bits per heavy atom. The number of ether oxygens (including phenoxy) is 1. The van der Waals surface area contributed by atoms with Gasteiger partial charge in [0.1, 0.15) is 10.6 Å². The summed E-state index contributed by atoms with van der Waals surface area (Å²) in [6.07, 6.45) is 1.67. The largest absolute Gasteiger partial charge is 0.494 e. The van der Waals surface area contributed by atoms with Gasteiger partial charge in [0.05, 0.1) is 11.6 Å². The number of rotatable bonds is 7. The Labute approximate surface area is 173 Å². The summed E-state index contributed by atoms with van der Waals surface area (Å²) in [6.45, 7) is 2.36. The van der Waals surface area contributed by atoms with Crippen molar-refractivity contribution in [1.29, 1.82) is 0 Å². The van der Waals surface area contributed by atoms with E-state index in [4.69, 9.17) is 16.3 Å². The van der Waals surface area contributed by atoms with E-state index in [1.54, 1.807) is 43.6 Å². The van der Waals surface area contributed by atoms with Gasteiger partial charge in [-0.2, -0.15) is 5.10 Å². The number of aromatic nitrogens is 2. The highest BCUT2D eigenvalue weighted by Crippen LogP contribution is 2.26. The Hall–Kier alpha value is -3.04. The van der Waals surface area contributed by atoms with Crippen LogP contribution in [0.25, 0.3) is 0 Å². The lowest BCUT2D eigenvalue weighted by molar-refractivity contribution is 0.102. The van der Waals surface area contributed by atoms with Gasteiger partial charge in [-0.05, 0) is 49.4 Å². The molecule has 2 aromatic carbocycles. The summed E-state index contributed by atoms with van der Waals surface area (Å²) in [6, 6.07) is 12.1. The number of hydrogen-bond acceptors (Lipinski definition) is 5. The second-order valence-corrected chi connectivity index (χ2v) is 8.09. The van der Waals surface area contributed by atoms with Crippen molar-refractivity contribution < 1.29 is 17.9 Å². The number of anilines is 2. The number of nitrogens with one attached hydrogen (secondary N) is 2. The molecule has 0 saturated heterocycles. The molecule has 1 heterocycles. The molecule has 29 heavy (non-hydrogen) atoms. The average Bonchev–Trinajstić information content (AvgIpc) is 3.08. The van der Waals surface area contributed by atoms with E-state index in [1.165, 1.54) is 22.9 Å². The summed E-state index contributed by atoms with van der Waals surface area (Å²) in [5.74, 6) is 0.476. The Balaban J connectivity index is 1.82. The number of aryl methyl sites for hydroxylation is 1.